The fourth-order valence-electron chi connectivity index (χ4n) is 3.08. The Morgan fingerprint density at radius 2 is 1.73 bits per heavy atom. The summed E-state index contributed by atoms with van der Waals surface area (Å²) in [4.78, 5) is 12.7. The van der Waals surface area contributed by atoms with Gasteiger partial charge in [-0.3, -0.25) is 9.10 Å². The van der Waals surface area contributed by atoms with Crippen molar-refractivity contribution in [2.45, 2.75) is 57.9 Å². The number of rotatable bonds is 9. The number of amides is 1. The Labute approximate surface area is 180 Å². The normalized spacial score (nSPS) is 11.8. The molecule has 0 bridgehead atoms. The Balaban J connectivity index is 2.39. The monoisotopic (exact) mass is 432 g/mol. The van der Waals surface area contributed by atoms with Gasteiger partial charge in [0.25, 0.3) is 10.0 Å². The molecule has 0 saturated carbocycles. The number of carbonyl (C=O) groups excluding carboxylic acids is 1. The molecule has 1 N–H and O–H groups in total. The molecule has 1 amide bonds. The topological polar surface area (TPSA) is 75.7 Å². The van der Waals surface area contributed by atoms with E-state index in [4.69, 9.17) is 4.74 Å². The number of carbonyl (C=O) groups is 1. The van der Waals surface area contributed by atoms with Crippen LogP contribution >= 0.6 is 0 Å². The van der Waals surface area contributed by atoms with E-state index in [-0.39, 0.29) is 29.3 Å². The Hall–Kier alpha value is -2.54. The summed E-state index contributed by atoms with van der Waals surface area (Å²) >= 11 is 0. The first-order chi connectivity index (χ1) is 14.0. The Morgan fingerprint density at radius 3 is 2.27 bits per heavy atom. The second-order valence-corrected chi connectivity index (χ2v) is 9.91. The van der Waals surface area contributed by atoms with Crippen LogP contribution < -0.4 is 14.4 Å². The van der Waals surface area contributed by atoms with Gasteiger partial charge in [-0.05, 0) is 70.0 Å². The molecule has 6 nitrogen and oxygen atoms in total. The Morgan fingerprint density at radius 1 is 1.10 bits per heavy atom. The zero-order valence-corrected chi connectivity index (χ0v) is 19.5. The van der Waals surface area contributed by atoms with Crippen molar-refractivity contribution in [2.24, 2.45) is 0 Å². The van der Waals surface area contributed by atoms with Crippen molar-refractivity contribution in [1.29, 1.82) is 0 Å². The average Bonchev–Trinajstić information content (AvgIpc) is 2.67. The standard InChI is InChI=1S/C23H32N2O4S/c1-7-23(4,5)24-22(26)14-15-25(19-9-11-20(29-6)12-10-19)30(27,28)21-13-8-17(2)16-18(21)3/h8-13,16H,7,14-15H2,1-6H3,(H,24,26). The summed E-state index contributed by atoms with van der Waals surface area (Å²) in [6.45, 7) is 9.62. The highest BCUT2D eigenvalue weighted by Crippen LogP contribution is 2.28. The maximum atomic E-state index is 13.5. The molecule has 0 heterocycles. The number of aryl methyl sites for hydroxylation is 2. The lowest BCUT2D eigenvalue weighted by Crippen LogP contribution is -2.44. The number of hydrogen-bond donors (Lipinski definition) is 1. The number of nitrogens with one attached hydrogen (secondary N) is 1. The molecule has 30 heavy (non-hydrogen) atoms. The predicted octanol–water partition coefficient (Wildman–Crippen LogP) is 4.20. The zero-order valence-electron chi connectivity index (χ0n) is 18.7. The third-order valence-corrected chi connectivity index (χ3v) is 7.15. The van der Waals surface area contributed by atoms with Gasteiger partial charge in [0.1, 0.15) is 5.75 Å². The molecule has 0 saturated heterocycles. The van der Waals surface area contributed by atoms with Crippen molar-refractivity contribution < 1.29 is 17.9 Å². The second-order valence-electron chi connectivity index (χ2n) is 8.08. The van der Waals surface area contributed by atoms with E-state index >= 15 is 0 Å². The molecule has 0 aliphatic heterocycles. The van der Waals surface area contributed by atoms with E-state index in [1.807, 2.05) is 33.8 Å². The molecule has 0 radical (unpaired) electrons. The molecule has 0 atom stereocenters. The van der Waals surface area contributed by atoms with Gasteiger partial charge < -0.3 is 10.1 Å². The quantitative estimate of drug-likeness (QED) is 0.644. The summed E-state index contributed by atoms with van der Waals surface area (Å²) in [5.74, 6) is 0.446. The molecule has 0 aliphatic rings. The van der Waals surface area contributed by atoms with Gasteiger partial charge in [0.15, 0.2) is 0 Å². The molecule has 164 valence electrons. The van der Waals surface area contributed by atoms with Crippen LogP contribution in [0, 0.1) is 13.8 Å². The summed E-state index contributed by atoms with van der Waals surface area (Å²) < 4.78 is 33.6. The first kappa shape index (κ1) is 23.7. The van der Waals surface area contributed by atoms with Crippen LogP contribution in [0.1, 0.15) is 44.7 Å². The fourth-order valence-corrected chi connectivity index (χ4v) is 4.75. The van der Waals surface area contributed by atoms with Gasteiger partial charge in [-0.2, -0.15) is 0 Å². The number of hydrogen-bond acceptors (Lipinski definition) is 4. The molecule has 0 aliphatic carbocycles. The first-order valence-corrected chi connectivity index (χ1v) is 11.5. The van der Waals surface area contributed by atoms with Gasteiger partial charge in [0, 0.05) is 18.5 Å². The van der Waals surface area contributed by atoms with E-state index in [9.17, 15) is 13.2 Å². The van der Waals surface area contributed by atoms with E-state index in [1.54, 1.807) is 50.4 Å². The van der Waals surface area contributed by atoms with Gasteiger partial charge in [-0.25, -0.2) is 8.42 Å². The van der Waals surface area contributed by atoms with Crippen molar-refractivity contribution >= 4 is 21.6 Å². The summed E-state index contributed by atoms with van der Waals surface area (Å²) in [6.07, 6.45) is 0.835. The van der Waals surface area contributed by atoms with Crippen LogP contribution in [0.4, 0.5) is 5.69 Å². The van der Waals surface area contributed by atoms with Crippen molar-refractivity contribution in [1.82, 2.24) is 5.32 Å². The van der Waals surface area contributed by atoms with Gasteiger partial charge in [0.05, 0.1) is 17.7 Å². The number of sulfonamides is 1. The molecular weight excluding hydrogens is 400 g/mol. The van der Waals surface area contributed by atoms with Crippen LogP contribution in [-0.2, 0) is 14.8 Å². The van der Waals surface area contributed by atoms with Crippen LogP contribution in [0.2, 0.25) is 0 Å². The molecule has 2 rings (SSSR count). The van der Waals surface area contributed by atoms with Gasteiger partial charge in [0.2, 0.25) is 5.91 Å². The molecule has 2 aromatic rings. The molecule has 0 spiro atoms. The number of methoxy groups -OCH3 is 1. The highest BCUT2D eigenvalue weighted by molar-refractivity contribution is 7.92. The number of ether oxygens (including phenoxy) is 1. The van der Waals surface area contributed by atoms with Gasteiger partial charge in [-0.1, -0.05) is 24.6 Å². The van der Waals surface area contributed by atoms with Crippen LogP contribution in [-0.4, -0.2) is 33.5 Å². The van der Waals surface area contributed by atoms with Gasteiger partial charge >= 0.3 is 0 Å². The van der Waals surface area contributed by atoms with Crippen molar-refractivity contribution in [3.05, 3.63) is 53.6 Å². The lowest BCUT2D eigenvalue weighted by Gasteiger charge is -2.27. The minimum Gasteiger partial charge on any atom is -0.497 e. The number of benzene rings is 2. The van der Waals surface area contributed by atoms with Crippen LogP contribution in [0.5, 0.6) is 5.75 Å². The highest BCUT2D eigenvalue weighted by atomic mass is 32.2. The Kier molecular flexibility index (Phi) is 7.53. The lowest BCUT2D eigenvalue weighted by atomic mass is 10.0. The molecule has 0 unspecified atom stereocenters. The zero-order chi connectivity index (χ0) is 22.5. The summed E-state index contributed by atoms with van der Waals surface area (Å²) in [7, 11) is -2.30. The summed E-state index contributed by atoms with van der Waals surface area (Å²) in [5.41, 5.74) is 1.81. The summed E-state index contributed by atoms with van der Waals surface area (Å²) in [6, 6.07) is 12.0. The van der Waals surface area contributed by atoms with E-state index in [0.29, 0.717) is 17.0 Å². The molecule has 0 fully saturated rings. The average molecular weight is 433 g/mol. The minimum atomic E-state index is -3.85. The van der Waals surface area contributed by atoms with Crippen LogP contribution in [0.15, 0.2) is 47.4 Å². The largest absolute Gasteiger partial charge is 0.497 e. The minimum absolute atomic E-state index is 0.0353. The van der Waals surface area contributed by atoms with Crippen LogP contribution in [0.3, 0.4) is 0 Å². The third kappa shape index (κ3) is 5.75. The third-order valence-electron chi connectivity index (χ3n) is 5.16. The number of nitrogens with zero attached hydrogens (tertiary/aromatic N) is 1. The maximum Gasteiger partial charge on any atom is 0.264 e. The van der Waals surface area contributed by atoms with Crippen molar-refractivity contribution in [3.8, 4) is 5.75 Å². The molecule has 7 heteroatoms. The van der Waals surface area contributed by atoms with E-state index in [0.717, 1.165) is 12.0 Å². The summed E-state index contributed by atoms with van der Waals surface area (Å²) in [5, 5.41) is 2.96. The van der Waals surface area contributed by atoms with Crippen molar-refractivity contribution in [3.63, 3.8) is 0 Å². The second kappa shape index (κ2) is 9.51. The number of anilines is 1. The van der Waals surface area contributed by atoms with E-state index in [1.165, 1.54) is 4.31 Å². The Bertz CT molecular complexity index is 983. The molecule has 2 aromatic carbocycles. The van der Waals surface area contributed by atoms with Crippen molar-refractivity contribution in [2.75, 3.05) is 18.0 Å². The molecule has 0 aromatic heterocycles. The van der Waals surface area contributed by atoms with E-state index in [2.05, 4.69) is 5.32 Å². The van der Waals surface area contributed by atoms with Gasteiger partial charge in [-0.15, -0.1) is 0 Å². The SMILES string of the molecule is CCC(C)(C)NC(=O)CCN(c1ccc(OC)cc1)S(=O)(=O)c1ccc(C)cc1C. The predicted molar refractivity (Wildman–Crippen MR) is 121 cm³/mol. The first-order valence-electron chi connectivity index (χ1n) is 10.0. The molecular formula is C23H32N2O4S. The fraction of sp³-hybridized carbons (Fsp3) is 0.435. The van der Waals surface area contributed by atoms with E-state index < -0.39 is 10.0 Å². The smallest absolute Gasteiger partial charge is 0.264 e. The van der Waals surface area contributed by atoms with Crippen LogP contribution in [0.25, 0.3) is 0 Å². The lowest BCUT2D eigenvalue weighted by molar-refractivity contribution is -0.122. The highest BCUT2D eigenvalue weighted by Gasteiger charge is 2.28. The maximum absolute atomic E-state index is 13.5.